The van der Waals surface area contributed by atoms with E-state index in [1.165, 1.54) is 0 Å². The number of rotatable bonds is 12. The number of carbonyl (C=O) groups excluding carboxylic acids is 3. The molecule has 206 valence electrons. The van der Waals surface area contributed by atoms with Crippen LogP contribution in [-0.4, -0.2) is 84.2 Å². The van der Waals surface area contributed by atoms with Crippen LogP contribution in [0.4, 0.5) is 14.4 Å². The van der Waals surface area contributed by atoms with Crippen LogP contribution in [0.5, 0.6) is 0 Å². The molecule has 0 aliphatic heterocycles. The molecule has 0 aromatic rings. The van der Waals surface area contributed by atoms with Crippen molar-refractivity contribution in [3.63, 3.8) is 0 Å². The number of carbonyl (C=O) groups is 3. The third-order valence-corrected chi connectivity index (χ3v) is 4.16. The summed E-state index contributed by atoms with van der Waals surface area (Å²) in [7, 11) is 0. The number of amides is 3. The molecule has 0 atom stereocenters. The summed E-state index contributed by atoms with van der Waals surface area (Å²) in [6, 6.07) is 0. The number of nitrogens with one attached hydrogen (secondary N) is 1. The van der Waals surface area contributed by atoms with Crippen LogP contribution in [0.25, 0.3) is 0 Å². The van der Waals surface area contributed by atoms with Gasteiger partial charge in [0, 0.05) is 32.7 Å². The van der Waals surface area contributed by atoms with E-state index in [0.29, 0.717) is 52.0 Å². The van der Waals surface area contributed by atoms with Gasteiger partial charge in [-0.1, -0.05) is 0 Å². The summed E-state index contributed by atoms with van der Waals surface area (Å²) in [5.41, 5.74) is -1.81. The van der Waals surface area contributed by atoms with Gasteiger partial charge in [-0.2, -0.15) is 0 Å². The third kappa shape index (κ3) is 18.7. The molecule has 35 heavy (non-hydrogen) atoms. The van der Waals surface area contributed by atoms with Crippen LogP contribution in [0.3, 0.4) is 0 Å². The lowest BCUT2D eigenvalue weighted by molar-refractivity contribution is 0.0155. The second-order valence-electron chi connectivity index (χ2n) is 11.3. The quantitative estimate of drug-likeness (QED) is 0.231. The molecule has 0 bridgehead atoms. The number of unbranched alkanes of at least 4 members (excludes halogenated alkanes) is 1. The van der Waals surface area contributed by atoms with Gasteiger partial charge in [0.2, 0.25) is 0 Å². The Morgan fingerprint density at radius 1 is 0.657 bits per heavy atom. The van der Waals surface area contributed by atoms with Crippen LogP contribution >= 0.6 is 0 Å². The van der Waals surface area contributed by atoms with Crippen molar-refractivity contribution < 1.29 is 33.4 Å². The molecule has 3 amide bonds. The number of nitrogens with zero attached hydrogens (tertiary/aromatic N) is 2. The Morgan fingerprint density at radius 3 is 1.46 bits per heavy atom. The molecule has 0 aliphatic carbocycles. The average Bonchev–Trinajstić information content (AvgIpc) is 2.64. The lowest BCUT2D eigenvalue weighted by Gasteiger charge is -2.29. The predicted molar refractivity (Wildman–Crippen MR) is 134 cm³/mol. The summed E-state index contributed by atoms with van der Waals surface area (Å²) in [4.78, 5) is 44.7. The fourth-order valence-corrected chi connectivity index (χ4v) is 2.78. The standard InChI is InChI=1S/C24H48N4O7/c1-22(2,3)33-19(29)26-13-12-16-27(20(30)34-23(4,5)6)14-10-11-15-28(17-18-32-25)21(31)35-24(7,8)9/h10-18,25H2,1-9H3,(H,26,29). The third-order valence-electron chi connectivity index (χ3n) is 4.16. The molecule has 0 radical (unpaired) electrons. The first kappa shape index (κ1) is 32.7. The van der Waals surface area contributed by atoms with Gasteiger partial charge < -0.3 is 34.2 Å². The van der Waals surface area contributed by atoms with Crippen LogP contribution < -0.4 is 11.2 Å². The molecule has 0 rings (SSSR count). The van der Waals surface area contributed by atoms with Gasteiger partial charge in [-0.3, -0.25) is 0 Å². The summed E-state index contributed by atoms with van der Waals surface area (Å²) in [5, 5.41) is 2.69. The molecule has 3 N–H and O–H groups in total. The van der Waals surface area contributed by atoms with Crippen LogP contribution in [0.2, 0.25) is 0 Å². The largest absolute Gasteiger partial charge is 0.444 e. The van der Waals surface area contributed by atoms with Crippen molar-refractivity contribution >= 4 is 18.3 Å². The summed E-state index contributed by atoms with van der Waals surface area (Å²) in [5.74, 6) is 5.12. The minimum absolute atomic E-state index is 0.188. The predicted octanol–water partition coefficient (Wildman–Crippen LogP) is 4.05. The minimum Gasteiger partial charge on any atom is -0.444 e. The highest BCUT2D eigenvalue weighted by Gasteiger charge is 2.24. The maximum atomic E-state index is 12.7. The zero-order valence-corrected chi connectivity index (χ0v) is 23.2. The van der Waals surface area contributed by atoms with Crippen molar-refractivity contribution in [1.82, 2.24) is 15.1 Å². The number of alkyl carbamates (subject to hydrolysis) is 1. The van der Waals surface area contributed by atoms with Crippen molar-refractivity contribution in [1.29, 1.82) is 0 Å². The zero-order valence-electron chi connectivity index (χ0n) is 23.2. The van der Waals surface area contributed by atoms with E-state index in [1.807, 2.05) is 20.8 Å². The Kier molecular flexibility index (Phi) is 14.0. The SMILES string of the molecule is CC(C)(C)OC(=O)NCCCN(CCCCN(CCON)C(=O)OC(C)(C)C)C(=O)OC(C)(C)C. The van der Waals surface area contributed by atoms with Gasteiger partial charge in [-0.15, -0.1) is 0 Å². The lowest BCUT2D eigenvalue weighted by atomic mass is 10.2. The molecular weight excluding hydrogens is 456 g/mol. The van der Waals surface area contributed by atoms with Crippen LogP contribution in [0.1, 0.15) is 81.6 Å². The first-order valence-corrected chi connectivity index (χ1v) is 12.2. The Bertz CT molecular complexity index is 652. The van der Waals surface area contributed by atoms with E-state index in [1.54, 1.807) is 51.3 Å². The molecule has 0 fully saturated rings. The van der Waals surface area contributed by atoms with Gasteiger partial charge in [-0.25, -0.2) is 20.3 Å². The lowest BCUT2D eigenvalue weighted by Crippen LogP contribution is -2.41. The van der Waals surface area contributed by atoms with E-state index in [0.717, 1.165) is 0 Å². The molecule has 0 spiro atoms. The minimum atomic E-state index is -0.625. The Hall–Kier alpha value is -2.27. The van der Waals surface area contributed by atoms with E-state index < -0.39 is 35.1 Å². The molecule has 0 unspecified atom stereocenters. The summed E-state index contributed by atoms with van der Waals surface area (Å²) >= 11 is 0. The molecule has 0 aliphatic rings. The Balaban J connectivity index is 4.82. The smallest absolute Gasteiger partial charge is 0.410 e. The molecule has 11 nitrogen and oxygen atoms in total. The Morgan fingerprint density at radius 2 is 1.06 bits per heavy atom. The number of ether oxygens (including phenoxy) is 3. The van der Waals surface area contributed by atoms with Crippen LogP contribution in [-0.2, 0) is 19.0 Å². The van der Waals surface area contributed by atoms with Crippen molar-refractivity contribution in [2.24, 2.45) is 5.90 Å². The highest BCUT2D eigenvalue weighted by atomic mass is 16.6. The molecule has 11 heteroatoms. The van der Waals surface area contributed by atoms with Crippen molar-refractivity contribution in [2.75, 3.05) is 39.3 Å². The van der Waals surface area contributed by atoms with Crippen molar-refractivity contribution in [2.45, 2.75) is 98.4 Å². The summed E-state index contributed by atoms with van der Waals surface area (Å²) in [6.45, 7) is 18.4. The molecular formula is C24H48N4O7. The van der Waals surface area contributed by atoms with E-state index in [9.17, 15) is 14.4 Å². The Labute approximate surface area is 210 Å². The normalized spacial score (nSPS) is 12.1. The highest BCUT2D eigenvalue weighted by Crippen LogP contribution is 2.13. The molecule has 0 saturated carbocycles. The second-order valence-corrected chi connectivity index (χ2v) is 11.3. The van der Waals surface area contributed by atoms with Gasteiger partial charge in [0.15, 0.2) is 0 Å². The van der Waals surface area contributed by atoms with Crippen molar-refractivity contribution in [3.8, 4) is 0 Å². The van der Waals surface area contributed by atoms with Gasteiger partial charge in [0.25, 0.3) is 0 Å². The first-order chi connectivity index (χ1) is 15.9. The van der Waals surface area contributed by atoms with Crippen LogP contribution in [0, 0.1) is 0 Å². The molecule has 0 heterocycles. The second kappa shape index (κ2) is 15.0. The monoisotopic (exact) mass is 504 g/mol. The number of hydrogen-bond acceptors (Lipinski definition) is 8. The molecule has 0 aromatic heterocycles. The zero-order chi connectivity index (χ0) is 27.3. The molecule has 0 saturated heterocycles. The fourth-order valence-electron chi connectivity index (χ4n) is 2.78. The van der Waals surface area contributed by atoms with Crippen molar-refractivity contribution in [3.05, 3.63) is 0 Å². The van der Waals surface area contributed by atoms with E-state index in [2.05, 4.69) is 10.2 Å². The van der Waals surface area contributed by atoms with E-state index in [4.69, 9.17) is 20.1 Å². The summed E-state index contributed by atoms with van der Waals surface area (Å²) < 4.78 is 16.2. The van der Waals surface area contributed by atoms with E-state index in [-0.39, 0.29) is 6.61 Å². The maximum Gasteiger partial charge on any atom is 0.410 e. The fraction of sp³-hybridized carbons (Fsp3) is 0.875. The average molecular weight is 505 g/mol. The molecule has 0 aromatic carbocycles. The van der Waals surface area contributed by atoms with Crippen LogP contribution in [0.15, 0.2) is 0 Å². The van der Waals surface area contributed by atoms with Gasteiger partial charge >= 0.3 is 18.3 Å². The highest BCUT2D eigenvalue weighted by molar-refractivity contribution is 5.69. The van der Waals surface area contributed by atoms with Gasteiger partial charge in [0.1, 0.15) is 16.8 Å². The summed E-state index contributed by atoms with van der Waals surface area (Å²) in [6.07, 6.45) is 0.462. The van der Waals surface area contributed by atoms with Gasteiger partial charge in [0.05, 0.1) is 6.61 Å². The number of nitrogens with two attached hydrogens (primary N) is 1. The van der Waals surface area contributed by atoms with Gasteiger partial charge in [-0.05, 0) is 81.6 Å². The topological polar surface area (TPSA) is 133 Å². The van der Waals surface area contributed by atoms with E-state index >= 15 is 0 Å². The maximum absolute atomic E-state index is 12.7. The number of hydrogen-bond donors (Lipinski definition) is 2. The first-order valence-electron chi connectivity index (χ1n) is 12.2.